The number of aromatic nitrogens is 2. The Morgan fingerprint density at radius 1 is 1.32 bits per heavy atom. The number of rotatable bonds is 6. The van der Waals surface area contributed by atoms with Crippen molar-refractivity contribution in [3.63, 3.8) is 0 Å². The molecule has 1 aliphatic rings. The van der Waals surface area contributed by atoms with Gasteiger partial charge in [-0.15, -0.1) is 0 Å². The Bertz CT molecular complexity index is 563. The summed E-state index contributed by atoms with van der Waals surface area (Å²) < 4.78 is 11.2. The van der Waals surface area contributed by atoms with E-state index >= 15 is 0 Å². The summed E-state index contributed by atoms with van der Waals surface area (Å²) in [6, 6.07) is 0.229. The molecule has 0 saturated carbocycles. The number of ether oxygens (including phenoxy) is 2. The Balaban J connectivity index is 1.74. The van der Waals surface area contributed by atoms with Gasteiger partial charge in [0, 0.05) is 31.6 Å². The molecular formula is C18H28ClN3O3. The van der Waals surface area contributed by atoms with Crippen molar-refractivity contribution in [2.45, 2.75) is 71.1 Å². The molecule has 7 heteroatoms. The van der Waals surface area contributed by atoms with Crippen LogP contribution in [0.25, 0.3) is 0 Å². The monoisotopic (exact) mass is 369 g/mol. The van der Waals surface area contributed by atoms with Crippen LogP contribution in [-0.4, -0.2) is 45.8 Å². The highest BCUT2D eigenvalue weighted by molar-refractivity contribution is 6.29. The molecule has 6 nitrogen and oxygen atoms in total. The number of hydrogen-bond acceptors (Lipinski definition) is 5. The number of carbonyl (C=O) groups is 1. The van der Waals surface area contributed by atoms with Gasteiger partial charge in [-0.05, 0) is 52.9 Å². The van der Waals surface area contributed by atoms with Crippen LogP contribution in [-0.2, 0) is 16.1 Å². The Hall–Kier alpha value is -1.40. The fourth-order valence-corrected chi connectivity index (χ4v) is 3.06. The minimum absolute atomic E-state index is 0.204. The second kappa shape index (κ2) is 9.34. The highest BCUT2D eigenvalue weighted by Crippen LogP contribution is 2.23. The van der Waals surface area contributed by atoms with Gasteiger partial charge in [0.15, 0.2) is 5.15 Å². The molecular weight excluding hydrogens is 342 g/mol. The predicted octanol–water partition coefficient (Wildman–Crippen LogP) is 4.22. The van der Waals surface area contributed by atoms with E-state index in [2.05, 4.69) is 9.97 Å². The molecule has 1 aliphatic heterocycles. The number of carbonyl (C=O) groups excluding carboxylic acids is 1. The first-order chi connectivity index (χ1) is 11.9. The number of halogens is 1. The van der Waals surface area contributed by atoms with Crippen molar-refractivity contribution in [3.8, 4) is 0 Å². The Kier molecular flexibility index (Phi) is 7.44. The van der Waals surface area contributed by atoms with E-state index in [0.717, 1.165) is 38.6 Å². The maximum atomic E-state index is 12.4. The van der Waals surface area contributed by atoms with E-state index in [1.807, 2.05) is 25.7 Å². The van der Waals surface area contributed by atoms with Crippen molar-refractivity contribution in [1.29, 1.82) is 0 Å². The zero-order valence-corrected chi connectivity index (χ0v) is 16.1. The first-order valence-electron chi connectivity index (χ1n) is 8.89. The topological polar surface area (TPSA) is 64.5 Å². The summed E-state index contributed by atoms with van der Waals surface area (Å²) in [5, 5.41) is 0.380. The van der Waals surface area contributed by atoms with E-state index in [0.29, 0.717) is 24.1 Å². The molecule has 140 valence electrons. The highest BCUT2D eigenvalue weighted by Gasteiger charge is 2.29. The number of hydrogen-bond donors (Lipinski definition) is 0. The van der Waals surface area contributed by atoms with Crippen LogP contribution in [0.15, 0.2) is 12.4 Å². The van der Waals surface area contributed by atoms with Crippen LogP contribution in [0, 0.1) is 0 Å². The highest BCUT2D eigenvalue weighted by atomic mass is 35.5. The lowest BCUT2D eigenvalue weighted by atomic mass is 9.98. The summed E-state index contributed by atoms with van der Waals surface area (Å²) in [5.74, 6) is 0. The van der Waals surface area contributed by atoms with E-state index in [4.69, 9.17) is 21.1 Å². The summed E-state index contributed by atoms with van der Waals surface area (Å²) in [5.41, 5.74) is 0.190. The summed E-state index contributed by atoms with van der Waals surface area (Å²) in [4.78, 5) is 22.4. The molecule has 0 N–H and O–H groups in total. The SMILES string of the molecule is CC(C)(C)OC(=O)N1CCCCC1CCCOCc1nccnc1Cl. The molecule has 1 saturated heterocycles. The van der Waals surface area contributed by atoms with Crippen molar-refractivity contribution in [3.05, 3.63) is 23.2 Å². The van der Waals surface area contributed by atoms with E-state index in [-0.39, 0.29) is 12.1 Å². The fraction of sp³-hybridized carbons (Fsp3) is 0.722. The van der Waals surface area contributed by atoms with Gasteiger partial charge in [0.05, 0.1) is 6.61 Å². The molecule has 1 fully saturated rings. The first kappa shape index (κ1) is 19.9. The van der Waals surface area contributed by atoms with Crippen molar-refractivity contribution in [1.82, 2.24) is 14.9 Å². The average molecular weight is 370 g/mol. The zero-order valence-electron chi connectivity index (χ0n) is 15.3. The molecule has 0 radical (unpaired) electrons. The summed E-state index contributed by atoms with van der Waals surface area (Å²) in [7, 11) is 0. The largest absolute Gasteiger partial charge is 0.444 e. The lowest BCUT2D eigenvalue weighted by Crippen LogP contribution is -2.46. The molecule has 1 aromatic rings. The van der Waals surface area contributed by atoms with Gasteiger partial charge < -0.3 is 14.4 Å². The molecule has 0 aromatic carbocycles. The third-order valence-electron chi connectivity index (χ3n) is 4.04. The standard InChI is InChI=1S/C18H28ClN3O3/c1-18(2,3)25-17(23)22-11-5-4-7-14(22)8-6-12-24-13-15-16(19)21-10-9-20-15/h9-10,14H,4-8,11-13H2,1-3H3. The summed E-state index contributed by atoms with van der Waals surface area (Å²) in [6.45, 7) is 7.42. The van der Waals surface area contributed by atoms with Crippen LogP contribution in [0.5, 0.6) is 0 Å². The first-order valence-corrected chi connectivity index (χ1v) is 9.27. The normalized spacial score (nSPS) is 18.2. The van der Waals surface area contributed by atoms with Gasteiger partial charge in [-0.25, -0.2) is 9.78 Å². The van der Waals surface area contributed by atoms with Crippen LogP contribution >= 0.6 is 11.6 Å². The van der Waals surface area contributed by atoms with Crippen LogP contribution in [0.2, 0.25) is 5.15 Å². The molecule has 25 heavy (non-hydrogen) atoms. The lowest BCUT2D eigenvalue weighted by Gasteiger charge is -2.36. The molecule has 2 heterocycles. The molecule has 1 unspecified atom stereocenters. The Labute approximate surface area is 154 Å². The van der Waals surface area contributed by atoms with Gasteiger partial charge in [-0.2, -0.15) is 0 Å². The molecule has 2 rings (SSSR count). The number of piperidine rings is 1. The van der Waals surface area contributed by atoms with Crippen LogP contribution in [0.1, 0.15) is 58.6 Å². The second-order valence-electron chi connectivity index (χ2n) is 7.31. The molecule has 0 bridgehead atoms. The van der Waals surface area contributed by atoms with E-state index < -0.39 is 5.60 Å². The summed E-state index contributed by atoms with van der Waals surface area (Å²) >= 11 is 5.95. The maximum absolute atomic E-state index is 12.4. The molecule has 1 aromatic heterocycles. The molecule has 0 spiro atoms. The van der Waals surface area contributed by atoms with Crippen molar-refractivity contribution < 1.29 is 14.3 Å². The molecule has 1 amide bonds. The van der Waals surface area contributed by atoms with Gasteiger partial charge in [0.25, 0.3) is 0 Å². The van der Waals surface area contributed by atoms with Crippen LogP contribution in [0.3, 0.4) is 0 Å². The van der Waals surface area contributed by atoms with Crippen molar-refractivity contribution in [2.24, 2.45) is 0 Å². The van der Waals surface area contributed by atoms with Crippen molar-refractivity contribution in [2.75, 3.05) is 13.2 Å². The lowest BCUT2D eigenvalue weighted by molar-refractivity contribution is 0.00723. The Morgan fingerprint density at radius 2 is 2.08 bits per heavy atom. The van der Waals surface area contributed by atoms with Gasteiger partial charge in [-0.1, -0.05) is 11.6 Å². The Morgan fingerprint density at radius 3 is 2.80 bits per heavy atom. The van der Waals surface area contributed by atoms with Crippen molar-refractivity contribution >= 4 is 17.7 Å². The number of likely N-dealkylation sites (tertiary alicyclic amines) is 1. The minimum atomic E-state index is -0.460. The minimum Gasteiger partial charge on any atom is -0.444 e. The van der Waals surface area contributed by atoms with Gasteiger partial charge in [0.2, 0.25) is 0 Å². The third kappa shape index (κ3) is 6.78. The predicted molar refractivity (Wildman–Crippen MR) is 96.5 cm³/mol. The fourth-order valence-electron chi connectivity index (χ4n) is 2.90. The maximum Gasteiger partial charge on any atom is 0.410 e. The molecule has 1 atom stereocenters. The third-order valence-corrected chi connectivity index (χ3v) is 4.36. The van der Waals surface area contributed by atoms with Crippen LogP contribution < -0.4 is 0 Å². The van der Waals surface area contributed by atoms with Gasteiger partial charge in [-0.3, -0.25) is 4.98 Å². The van der Waals surface area contributed by atoms with Gasteiger partial charge in [0.1, 0.15) is 11.3 Å². The quantitative estimate of drug-likeness (QED) is 0.702. The van der Waals surface area contributed by atoms with Crippen LogP contribution in [0.4, 0.5) is 4.79 Å². The molecule has 0 aliphatic carbocycles. The smallest absolute Gasteiger partial charge is 0.410 e. The zero-order chi connectivity index (χ0) is 18.3. The van der Waals surface area contributed by atoms with E-state index in [1.165, 1.54) is 0 Å². The second-order valence-corrected chi connectivity index (χ2v) is 7.67. The van der Waals surface area contributed by atoms with E-state index in [1.54, 1.807) is 12.4 Å². The van der Waals surface area contributed by atoms with E-state index in [9.17, 15) is 4.79 Å². The van der Waals surface area contributed by atoms with Gasteiger partial charge >= 0.3 is 6.09 Å². The summed E-state index contributed by atoms with van der Waals surface area (Å²) in [6.07, 6.45) is 7.96. The average Bonchev–Trinajstić information content (AvgIpc) is 2.55. The number of amides is 1. The number of nitrogens with zero attached hydrogens (tertiary/aromatic N) is 3.